The Labute approximate surface area is 143 Å². The van der Waals surface area contributed by atoms with Crippen molar-refractivity contribution in [2.45, 2.75) is 34.1 Å². The van der Waals surface area contributed by atoms with E-state index < -0.39 is 0 Å². The van der Waals surface area contributed by atoms with Gasteiger partial charge in [-0.2, -0.15) is 0 Å². The third-order valence-electron chi connectivity index (χ3n) is 2.14. The number of nitrogens with two attached hydrogens (primary N) is 1. The van der Waals surface area contributed by atoms with E-state index in [4.69, 9.17) is 5.73 Å². The average Bonchev–Trinajstić information content (AvgIpc) is 2.58. The van der Waals surface area contributed by atoms with Gasteiger partial charge in [0.1, 0.15) is 0 Å². The number of nitrogens with zero attached hydrogens (tertiary/aromatic N) is 3. The van der Waals surface area contributed by atoms with E-state index >= 15 is 0 Å². The molecule has 0 aliphatic carbocycles. The summed E-state index contributed by atoms with van der Waals surface area (Å²) in [6, 6.07) is 0. The fraction of sp³-hybridized carbons (Fsp3) is 0.556. The Morgan fingerprint density at radius 1 is 1.43 bits per heavy atom. The second-order valence-electron chi connectivity index (χ2n) is 4.36. The molecule has 0 amide bonds. The molecule has 1 heterocycles. The molecular formula is C18H36N4O. The van der Waals surface area contributed by atoms with Crippen LogP contribution in [0.2, 0.25) is 0 Å². The number of methoxy groups -OCH3 is 1. The molecule has 0 saturated heterocycles. The lowest BCUT2D eigenvalue weighted by Gasteiger charge is -2.18. The summed E-state index contributed by atoms with van der Waals surface area (Å²) in [5, 5.41) is 9.54. The van der Waals surface area contributed by atoms with Crippen molar-refractivity contribution in [3.8, 4) is 0 Å². The lowest BCUT2D eigenvalue weighted by molar-refractivity contribution is 0.277. The van der Waals surface area contributed by atoms with Crippen LogP contribution in [0.4, 0.5) is 0 Å². The van der Waals surface area contributed by atoms with E-state index in [1.54, 1.807) is 20.4 Å². The van der Waals surface area contributed by atoms with Crippen LogP contribution in [-0.4, -0.2) is 38.9 Å². The Balaban J connectivity index is -0.000000277. The molecule has 0 spiro atoms. The summed E-state index contributed by atoms with van der Waals surface area (Å²) < 4.78 is 4.25. The Morgan fingerprint density at radius 3 is 2.39 bits per heavy atom. The third kappa shape index (κ3) is 22.7. The highest BCUT2D eigenvalue weighted by Gasteiger charge is 2.04. The van der Waals surface area contributed by atoms with Crippen molar-refractivity contribution in [2.75, 3.05) is 33.9 Å². The minimum Gasteiger partial charge on any atom is -0.388 e. The first-order valence-electron chi connectivity index (χ1n) is 7.92. The summed E-state index contributed by atoms with van der Waals surface area (Å²) in [4.78, 5) is 0. The van der Waals surface area contributed by atoms with Crippen molar-refractivity contribution in [1.82, 2.24) is 5.01 Å². The SMILES string of the molecule is C=CCC=CC(=C)C.CC.CCN1CC(CN)=CN=N1.COC. The van der Waals surface area contributed by atoms with E-state index in [2.05, 4.69) is 28.2 Å². The molecule has 2 N–H and O–H groups in total. The molecule has 0 aromatic carbocycles. The molecule has 0 fully saturated rings. The summed E-state index contributed by atoms with van der Waals surface area (Å²) in [6.07, 6.45) is 8.55. The van der Waals surface area contributed by atoms with Gasteiger partial charge in [0.15, 0.2) is 0 Å². The Morgan fingerprint density at radius 2 is 2.00 bits per heavy atom. The summed E-state index contributed by atoms with van der Waals surface area (Å²) >= 11 is 0. The normalized spacial score (nSPS) is 12.0. The Bertz CT molecular complexity index is 360. The van der Waals surface area contributed by atoms with Gasteiger partial charge in [-0.15, -0.1) is 11.7 Å². The van der Waals surface area contributed by atoms with Crippen LogP contribution in [0.15, 0.2) is 59.1 Å². The van der Waals surface area contributed by atoms with Crippen LogP contribution >= 0.6 is 0 Å². The van der Waals surface area contributed by atoms with Gasteiger partial charge in [0.25, 0.3) is 0 Å². The first kappa shape index (κ1) is 26.2. The van der Waals surface area contributed by atoms with Crippen LogP contribution in [0.1, 0.15) is 34.1 Å². The molecule has 5 heteroatoms. The molecule has 0 atom stereocenters. The zero-order valence-corrected chi connectivity index (χ0v) is 15.9. The Hall–Kier alpha value is -1.72. The van der Waals surface area contributed by atoms with Gasteiger partial charge in [0, 0.05) is 27.3 Å². The highest BCUT2D eigenvalue weighted by molar-refractivity contribution is 5.11. The van der Waals surface area contributed by atoms with Crippen LogP contribution in [-0.2, 0) is 4.74 Å². The molecule has 0 radical (unpaired) electrons. The van der Waals surface area contributed by atoms with Crippen molar-refractivity contribution >= 4 is 0 Å². The molecule has 23 heavy (non-hydrogen) atoms. The van der Waals surface area contributed by atoms with Gasteiger partial charge in [-0.3, -0.25) is 5.01 Å². The molecule has 0 aromatic rings. The van der Waals surface area contributed by atoms with Crippen LogP contribution in [0.5, 0.6) is 0 Å². The first-order chi connectivity index (χ1) is 11.0. The van der Waals surface area contributed by atoms with Gasteiger partial charge in [-0.25, -0.2) is 0 Å². The monoisotopic (exact) mass is 324 g/mol. The van der Waals surface area contributed by atoms with Crippen LogP contribution in [0, 0.1) is 0 Å². The maximum atomic E-state index is 5.42. The Kier molecular flexibility index (Phi) is 25.7. The van der Waals surface area contributed by atoms with E-state index in [9.17, 15) is 0 Å². The molecule has 0 unspecified atom stereocenters. The summed E-state index contributed by atoms with van der Waals surface area (Å²) in [5.74, 6) is 0. The molecule has 0 aromatic heterocycles. The van der Waals surface area contributed by atoms with E-state index in [-0.39, 0.29) is 0 Å². The van der Waals surface area contributed by atoms with Gasteiger partial charge in [0.05, 0.1) is 12.7 Å². The highest BCUT2D eigenvalue weighted by atomic mass is 16.4. The number of likely N-dealkylation sites (N-methyl/N-ethyl adjacent to an activating group) is 1. The maximum absolute atomic E-state index is 5.42. The van der Waals surface area contributed by atoms with Gasteiger partial charge in [0.2, 0.25) is 0 Å². The van der Waals surface area contributed by atoms with Crippen molar-refractivity contribution in [3.63, 3.8) is 0 Å². The predicted molar refractivity (Wildman–Crippen MR) is 102 cm³/mol. The summed E-state index contributed by atoms with van der Waals surface area (Å²) in [7, 11) is 3.25. The maximum Gasteiger partial charge on any atom is 0.0618 e. The van der Waals surface area contributed by atoms with Gasteiger partial charge < -0.3 is 10.5 Å². The largest absolute Gasteiger partial charge is 0.388 e. The minimum atomic E-state index is 0.579. The standard InChI is InChI=1S/C8H12.C6H12N4.C2H6O.C2H6/c1-4-5-6-7-8(2)3;1-2-10-5-6(3-7)4-8-9-10;1-3-2;1-2/h4,6-7H,1-2,5H2,3H3;4H,2-3,5,7H2,1H3;1-2H3;1-2H3. The number of hydrogen-bond donors (Lipinski definition) is 1. The van der Waals surface area contributed by atoms with Crippen molar-refractivity contribution < 1.29 is 4.74 Å². The first-order valence-corrected chi connectivity index (χ1v) is 7.92. The molecule has 5 nitrogen and oxygen atoms in total. The van der Waals surface area contributed by atoms with E-state index in [1.165, 1.54) is 0 Å². The highest BCUT2D eigenvalue weighted by Crippen LogP contribution is 2.05. The van der Waals surface area contributed by atoms with Gasteiger partial charge >= 0.3 is 0 Å². The van der Waals surface area contributed by atoms with E-state index in [0.29, 0.717) is 6.54 Å². The van der Waals surface area contributed by atoms with Gasteiger partial charge in [-0.1, -0.05) is 49.5 Å². The average molecular weight is 325 g/mol. The molecule has 0 saturated carbocycles. The van der Waals surface area contributed by atoms with Crippen molar-refractivity contribution in [1.29, 1.82) is 0 Å². The smallest absolute Gasteiger partial charge is 0.0618 e. The van der Waals surface area contributed by atoms with Crippen LogP contribution < -0.4 is 5.73 Å². The molecule has 1 aliphatic rings. The molecule has 1 aliphatic heterocycles. The second kappa shape index (κ2) is 22.6. The lowest BCUT2D eigenvalue weighted by atomic mass is 10.3. The minimum absolute atomic E-state index is 0.579. The molecule has 134 valence electrons. The zero-order chi connectivity index (χ0) is 18.5. The summed E-state index contributed by atoms with van der Waals surface area (Å²) in [6.45, 7) is 17.6. The number of allylic oxidation sites excluding steroid dienone is 4. The fourth-order valence-corrected chi connectivity index (χ4v) is 1.15. The quantitative estimate of drug-likeness (QED) is 0.597. The van der Waals surface area contributed by atoms with E-state index in [1.807, 2.05) is 50.9 Å². The molecule has 1 rings (SSSR count). The summed E-state index contributed by atoms with van der Waals surface area (Å²) in [5.41, 5.74) is 7.65. The van der Waals surface area contributed by atoms with Crippen LogP contribution in [0.3, 0.4) is 0 Å². The molecule has 0 bridgehead atoms. The topological polar surface area (TPSA) is 63.2 Å². The van der Waals surface area contributed by atoms with Crippen molar-refractivity contribution in [2.24, 2.45) is 16.1 Å². The third-order valence-corrected chi connectivity index (χ3v) is 2.14. The molecular weight excluding hydrogens is 288 g/mol. The van der Waals surface area contributed by atoms with Gasteiger partial charge in [-0.05, 0) is 25.8 Å². The number of hydrogen-bond acceptors (Lipinski definition) is 5. The predicted octanol–water partition coefficient (Wildman–Crippen LogP) is 4.52. The fourth-order valence-electron chi connectivity index (χ4n) is 1.15. The zero-order valence-electron chi connectivity index (χ0n) is 15.9. The number of rotatable bonds is 5. The lowest BCUT2D eigenvalue weighted by Crippen LogP contribution is -2.24. The second-order valence-corrected chi connectivity index (χ2v) is 4.36. The van der Waals surface area contributed by atoms with Crippen molar-refractivity contribution in [3.05, 3.63) is 48.7 Å². The van der Waals surface area contributed by atoms with E-state index in [0.717, 1.165) is 30.7 Å². The number of ether oxygens (including phenoxy) is 1. The van der Waals surface area contributed by atoms with Crippen LogP contribution in [0.25, 0.3) is 0 Å².